The molecule has 0 unspecified atom stereocenters. The van der Waals surface area contributed by atoms with Gasteiger partial charge < -0.3 is 19.3 Å². The molecule has 0 aliphatic heterocycles. The number of ether oxygens (including phenoxy) is 3. The summed E-state index contributed by atoms with van der Waals surface area (Å²) in [4.78, 5) is 10.6. The highest BCUT2D eigenvalue weighted by molar-refractivity contribution is 7.88. The van der Waals surface area contributed by atoms with E-state index in [1.807, 2.05) is 0 Å². The van der Waals surface area contributed by atoms with E-state index in [1.165, 1.54) is 0 Å². The third kappa shape index (κ3) is 10.2. The number of carbonyl (C=O) groups is 1. The largest absolute Gasteiger partial charge is 0.452 e. The normalized spacial score (nSPS) is 11.2. The van der Waals surface area contributed by atoms with Crippen molar-refractivity contribution >= 4 is 16.3 Å². The van der Waals surface area contributed by atoms with Crippen LogP contribution in [0.15, 0.2) is 0 Å². The number of aliphatic hydroxyl groups excluding tert-OH is 1. The lowest BCUT2D eigenvalue weighted by Gasteiger charge is -2.08. The Hall–Kier alpha value is -0.940. The van der Waals surface area contributed by atoms with E-state index in [0.29, 0.717) is 6.61 Å². The number of hydrogen-bond acceptors (Lipinski definition) is 7. The molecule has 1 amide bonds. The van der Waals surface area contributed by atoms with Crippen molar-refractivity contribution in [3.8, 4) is 0 Å². The van der Waals surface area contributed by atoms with Crippen molar-refractivity contribution in [3.05, 3.63) is 0 Å². The maximum atomic E-state index is 11.1. The van der Waals surface area contributed by atoms with Crippen LogP contribution in [0.25, 0.3) is 0 Å². The van der Waals surface area contributed by atoms with Crippen molar-refractivity contribution in [2.45, 2.75) is 0 Å². The lowest BCUT2D eigenvalue weighted by Crippen LogP contribution is -2.41. The van der Waals surface area contributed by atoms with Crippen LogP contribution in [0.3, 0.4) is 0 Å². The Bertz CT molecular complexity index is 319. The van der Waals surface area contributed by atoms with Gasteiger partial charge in [-0.3, -0.25) is 0 Å². The van der Waals surface area contributed by atoms with Gasteiger partial charge in [-0.1, -0.05) is 0 Å². The van der Waals surface area contributed by atoms with Crippen molar-refractivity contribution in [2.24, 2.45) is 0 Å². The summed E-state index contributed by atoms with van der Waals surface area (Å²) in [6, 6.07) is 0. The standard InChI is InChI=1S/C8H18N2O7S/c1-15-8(12)10-18(13,14)9-2-4-16-6-7-17-5-3-11/h9,11H,2-7H2,1H3,(H,10,12). The first-order valence-electron chi connectivity index (χ1n) is 5.13. The van der Waals surface area contributed by atoms with E-state index in [0.717, 1.165) is 7.11 Å². The van der Waals surface area contributed by atoms with Crippen LogP contribution in [0.2, 0.25) is 0 Å². The van der Waals surface area contributed by atoms with Gasteiger partial charge in [0.2, 0.25) is 0 Å². The third-order valence-corrected chi connectivity index (χ3v) is 2.57. The zero-order valence-corrected chi connectivity index (χ0v) is 10.9. The van der Waals surface area contributed by atoms with Gasteiger partial charge in [0.25, 0.3) is 0 Å². The third-order valence-electron chi connectivity index (χ3n) is 1.55. The van der Waals surface area contributed by atoms with Gasteiger partial charge in [0.15, 0.2) is 0 Å². The minimum Gasteiger partial charge on any atom is -0.452 e. The maximum Gasteiger partial charge on any atom is 0.421 e. The van der Waals surface area contributed by atoms with Crippen LogP contribution in [0.5, 0.6) is 0 Å². The second kappa shape index (κ2) is 10.0. The van der Waals surface area contributed by atoms with E-state index >= 15 is 0 Å². The van der Waals surface area contributed by atoms with E-state index in [9.17, 15) is 13.2 Å². The Morgan fingerprint density at radius 3 is 2.33 bits per heavy atom. The summed E-state index contributed by atoms with van der Waals surface area (Å²) >= 11 is 0. The minimum absolute atomic E-state index is 0.00628. The predicted molar refractivity (Wildman–Crippen MR) is 61.2 cm³/mol. The SMILES string of the molecule is COC(=O)NS(=O)(=O)NCCOCCOCCO. The summed E-state index contributed by atoms with van der Waals surface area (Å²) in [5.41, 5.74) is 0. The molecule has 0 atom stereocenters. The predicted octanol–water partition coefficient (Wildman–Crippen LogP) is -1.80. The zero-order valence-electron chi connectivity index (χ0n) is 10.0. The number of hydrogen-bond donors (Lipinski definition) is 3. The monoisotopic (exact) mass is 286 g/mol. The highest BCUT2D eigenvalue weighted by atomic mass is 32.2. The fourth-order valence-corrected chi connectivity index (χ4v) is 1.55. The molecule has 10 heteroatoms. The number of amides is 1. The number of aliphatic hydroxyl groups is 1. The van der Waals surface area contributed by atoms with E-state index in [1.54, 1.807) is 4.72 Å². The van der Waals surface area contributed by atoms with Gasteiger partial charge in [-0.05, 0) is 0 Å². The Balaban J connectivity index is 3.50. The van der Waals surface area contributed by atoms with Gasteiger partial charge in [-0.15, -0.1) is 0 Å². The molecule has 0 saturated carbocycles. The molecule has 0 fully saturated rings. The molecule has 0 aromatic carbocycles. The van der Waals surface area contributed by atoms with Gasteiger partial charge in [-0.25, -0.2) is 9.52 Å². The van der Waals surface area contributed by atoms with Gasteiger partial charge in [0.05, 0.1) is 40.1 Å². The quantitative estimate of drug-likeness (QED) is 0.405. The highest BCUT2D eigenvalue weighted by Gasteiger charge is 2.12. The lowest BCUT2D eigenvalue weighted by molar-refractivity contribution is 0.0348. The van der Waals surface area contributed by atoms with Gasteiger partial charge >= 0.3 is 16.3 Å². The van der Waals surface area contributed by atoms with E-state index < -0.39 is 16.3 Å². The second-order valence-electron chi connectivity index (χ2n) is 2.94. The van der Waals surface area contributed by atoms with Crippen molar-refractivity contribution in [1.82, 2.24) is 9.44 Å². The Labute approximate surface area is 106 Å². The van der Waals surface area contributed by atoms with Crippen LogP contribution in [0.4, 0.5) is 4.79 Å². The van der Waals surface area contributed by atoms with Crippen molar-refractivity contribution in [3.63, 3.8) is 0 Å². The van der Waals surface area contributed by atoms with Crippen molar-refractivity contribution < 1.29 is 32.5 Å². The molecule has 0 radical (unpaired) electrons. The smallest absolute Gasteiger partial charge is 0.421 e. The van der Waals surface area contributed by atoms with Crippen LogP contribution in [-0.2, 0) is 24.4 Å². The first kappa shape index (κ1) is 17.1. The summed E-state index contributed by atoms with van der Waals surface area (Å²) in [7, 11) is -2.86. The molecule has 18 heavy (non-hydrogen) atoms. The van der Waals surface area contributed by atoms with Crippen LogP contribution < -0.4 is 9.44 Å². The first-order chi connectivity index (χ1) is 8.52. The molecule has 0 aromatic heterocycles. The Kier molecular flexibility index (Phi) is 9.50. The molecule has 108 valence electrons. The molecule has 0 rings (SSSR count). The molecule has 0 bridgehead atoms. The molecule has 0 aliphatic carbocycles. The van der Waals surface area contributed by atoms with Crippen LogP contribution in [0, 0.1) is 0 Å². The molecule has 0 saturated heterocycles. The topological polar surface area (TPSA) is 123 Å². The molecular weight excluding hydrogens is 268 g/mol. The van der Waals surface area contributed by atoms with Crippen LogP contribution >= 0.6 is 0 Å². The molecule has 0 heterocycles. The number of rotatable bonds is 10. The molecule has 9 nitrogen and oxygen atoms in total. The van der Waals surface area contributed by atoms with E-state index in [2.05, 4.69) is 9.46 Å². The summed E-state index contributed by atoms with van der Waals surface area (Å²) in [6.45, 7) is 0.912. The number of nitrogens with one attached hydrogen (secondary N) is 2. The summed E-state index contributed by atoms with van der Waals surface area (Å²) in [5, 5.41) is 8.40. The molecular formula is C8H18N2O7S. The summed E-state index contributed by atoms with van der Waals surface area (Å²) in [5.74, 6) is 0. The van der Waals surface area contributed by atoms with Crippen molar-refractivity contribution in [2.75, 3.05) is 46.7 Å². The highest BCUT2D eigenvalue weighted by Crippen LogP contribution is 1.82. The fraction of sp³-hybridized carbons (Fsp3) is 0.875. The van der Waals surface area contributed by atoms with E-state index in [4.69, 9.17) is 14.6 Å². The van der Waals surface area contributed by atoms with Crippen LogP contribution in [-0.4, -0.2) is 66.3 Å². The minimum atomic E-state index is -3.91. The summed E-state index contributed by atoms with van der Waals surface area (Å²) < 4.78 is 40.1. The van der Waals surface area contributed by atoms with Gasteiger partial charge in [-0.2, -0.15) is 13.1 Å². The van der Waals surface area contributed by atoms with Gasteiger partial charge in [0, 0.05) is 6.54 Å². The number of carbonyl (C=O) groups excluding carboxylic acids is 1. The van der Waals surface area contributed by atoms with Gasteiger partial charge in [0.1, 0.15) is 0 Å². The Morgan fingerprint density at radius 2 is 1.78 bits per heavy atom. The lowest BCUT2D eigenvalue weighted by atomic mass is 10.7. The average molecular weight is 286 g/mol. The maximum absolute atomic E-state index is 11.1. The molecule has 3 N–H and O–H groups in total. The second-order valence-corrected chi connectivity index (χ2v) is 4.44. The zero-order chi connectivity index (χ0) is 13.9. The fourth-order valence-electron chi connectivity index (χ4n) is 0.822. The molecule has 0 aromatic rings. The molecule has 0 spiro atoms. The number of methoxy groups -OCH3 is 1. The molecule has 0 aliphatic rings. The first-order valence-corrected chi connectivity index (χ1v) is 6.62. The summed E-state index contributed by atoms with van der Waals surface area (Å²) in [6.07, 6.45) is -1.07. The van der Waals surface area contributed by atoms with Crippen molar-refractivity contribution in [1.29, 1.82) is 0 Å². The Morgan fingerprint density at radius 1 is 1.17 bits per heavy atom. The average Bonchev–Trinajstić information content (AvgIpc) is 2.31. The van der Waals surface area contributed by atoms with Crippen LogP contribution in [0.1, 0.15) is 0 Å². The van der Waals surface area contributed by atoms with E-state index in [-0.39, 0.29) is 33.0 Å².